The molecule has 0 bridgehead atoms. The minimum Gasteiger partial charge on any atom is -0.378 e. The predicted octanol–water partition coefficient (Wildman–Crippen LogP) is 0.276. The highest BCUT2D eigenvalue weighted by Gasteiger charge is 2.14. The lowest BCUT2D eigenvalue weighted by Gasteiger charge is -2.23. The fourth-order valence-corrected chi connectivity index (χ4v) is 1.76. The summed E-state index contributed by atoms with van der Waals surface area (Å²) in [6.45, 7) is 2.70. The lowest BCUT2D eigenvalue weighted by atomic mass is 10.1. The summed E-state index contributed by atoms with van der Waals surface area (Å²) >= 11 is 0. The van der Waals surface area contributed by atoms with Gasteiger partial charge in [0.15, 0.2) is 0 Å². The third-order valence-electron chi connectivity index (χ3n) is 2.78. The van der Waals surface area contributed by atoms with Gasteiger partial charge in [-0.3, -0.25) is 4.79 Å². The van der Waals surface area contributed by atoms with Crippen molar-refractivity contribution in [3.05, 3.63) is 35.4 Å². The van der Waals surface area contributed by atoms with Crippen molar-refractivity contribution in [2.75, 3.05) is 26.3 Å². The summed E-state index contributed by atoms with van der Waals surface area (Å²) in [7, 11) is 0. The Balaban J connectivity index is 1.85. The number of nitrogens with one attached hydrogen (secondary N) is 2. The summed E-state index contributed by atoms with van der Waals surface area (Å²) in [6, 6.07) is 8.76. The van der Waals surface area contributed by atoms with E-state index in [0.717, 1.165) is 13.2 Å². The molecular formula is C13H15N3O2. The molecule has 2 N–H and O–H groups in total. The SMILES string of the molecule is N#Cc1ccc(C(=O)NCC2COCCN2)cc1. The van der Waals surface area contributed by atoms with E-state index in [9.17, 15) is 4.79 Å². The zero-order valence-electron chi connectivity index (χ0n) is 9.98. The first kappa shape index (κ1) is 12.6. The monoisotopic (exact) mass is 245 g/mol. The zero-order chi connectivity index (χ0) is 12.8. The third-order valence-corrected chi connectivity index (χ3v) is 2.78. The Morgan fingerprint density at radius 1 is 1.50 bits per heavy atom. The summed E-state index contributed by atoms with van der Waals surface area (Å²) in [6.07, 6.45) is 0. The maximum absolute atomic E-state index is 11.8. The van der Waals surface area contributed by atoms with Crippen LogP contribution in [0.25, 0.3) is 0 Å². The molecule has 5 nitrogen and oxygen atoms in total. The van der Waals surface area contributed by atoms with E-state index in [1.54, 1.807) is 24.3 Å². The standard InChI is InChI=1S/C13H15N3O2/c14-7-10-1-3-11(4-2-10)13(17)16-8-12-9-18-6-5-15-12/h1-4,12,15H,5-6,8-9H2,(H,16,17). The summed E-state index contributed by atoms with van der Waals surface area (Å²) in [5.74, 6) is -0.133. The second-order valence-corrected chi connectivity index (χ2v) is 4.13. The molecule has 0 saturated carbocycles. The van der Waals surface area contributed by atoms with Gasteiger partial charge in [0, 0.05) is 24.7 Å². The van der Waals surface area contributed by atoms with Crippen LogP contribution < -0.4 is 10.6 Å². The van der Waals surface area contributed by atoms with E-state index in [1.807, 2.05) is 6.07 Å². The van der Waals surface area contributed by atoms with Crippen molar-refractivity contribution in [3.63, 3.8) is 0 Å². The second-order valence-electron chi connectivity index (χ2n) is 4.13. The summed E-state index contributed by atoms with van der Waals surface area (Å²) in [5.41, 5.74) is 1.11. The van der Waals surface area contributed by atoms with E-state index in [4.69, 9.17) is 10.00 Å². The van der Waals surface area contributed by atoms with E-state index >= 15 is 0 Å². The average Bonchev–Trinajstić information content (AvgIpc) is 2.46. The van der Waals surface area contributed by atoms with Crippen LogP contribution in [0.4, 0.5) is 0 Å². The molecule has 1 heterocycles. The molecule has 1 aliphatic rings. The van der Waals surface area contributed by atoms with Crippen LogP contribution in [0.3, 0.4) is 0 Å². The van der Waals surface area contributed by atoms with Crippen LogP contribution in [0.5, 0.6) is 0 Å². The fraction of sp³-hybridized carbons (Fsp3) is 0.385. The second kappa shape index (κ2) is 6.15. The molecule has 0 aromatic heterocycles. The number of ether oxygens (including phenoxy) is 1. The van der Waals surface area contributed by atoms with Gasteiger partial charge in [0.25, 0.3) is 5.91 Å². The van der Waals surface area contributed by atoms with Crippen molar-refractivity contribution in [1.29, 1.82) is 5.26 Å². The normalized spacial score (nSPS) is 18.9. The number of carbonyl (C=O) groups is 1. The number of nitrogens with zero attached hydrogens (tertiary/aromatic N) is 1. The van der Waals surface area contributed by atoms with E-state index in [2.05, 4.69) is 10.6 Å². The number of benzene rings is 1. The van der Waals surface area contributed by atoms with Gasteiger partial charge >= 0.3 is 0 Å². The van der Waals surface area contributed by atoms with Gasteiger partial charge in [0.1, 0.15) is 0 Å². The number of morpholine rings is 1. The molecule has 1 amide bonds. The Morgan fingerprint density at radius 3 is 2.89 bits per heavy atom. The van der Waals surface area contributed by atoms with E-state index < -0.39 is 0 Å². The summed E-state index contributed by atoms with van der Waals surface area (Å²) in [5, 5.41) is 14.8. The largest absolute Gasteiger partial charge is 0.378 e. The van der Waals surface area contributed by atoms with Crippen molar-refractivity contribution in [3.8, 4) is 6.07 Å². The summed E-state index contributed by atoms with van der Waals surface area (Å²) < 4.78 is 5.30. The van der Waals surface area contributed by atoms with E-state index in [0.29, 0.717) is 24.3 Å². The highest BCUT2D eigenvalue weighted by atomic mass is 16.5. The number of hydrogen-bond acceptors (Lipinski definition) is 4. The maximum Gasteiger partial charge on any atom is 0.251 e. The first-order valence-corrected chi connectivity index (χ1v) is 5.89. The highest BCUT2D eigenvalue weighted by molar-refractivity contribution is 5.94. The molecule has 5 heteroatoms. The van der Waals surface area contributed by atoms with Gasteiger partial charge in [-0.15, -0.1) is 0 Å². The minimum atomic E-state index is -0.133. The molecule has 1 aromatic rings. The van der Waals surface area contributed by atoms with Crippen LogP contribution in [0.1, 0.15) is 15.9 Å². The van der Waals surface area contributed by atoms with Crippen molar-refractivity contribution in [2.24, 2.45) is 0 Å². The van der Waals surface area contributed by atoms with Crippen molar-refractivity contribution in [1.82, 2.24) is 10.6 Å². The molecular weight excluding hydrogens is 230 g/mol. The molecule has 2 rings (SSSR count). The van der Waals surface area contributed by atoms with Gasteiger partial charge in [-0.25, -0.2) is 0 Å². The van der Waals surface area contributed by atoms with E-state index in [1.165, 1.54) is 0 Å². The van der Waals surface area contributed by atoms with Crippen LogP contribution in [0.15, 0.2) is 24.3 Å². The van der Waals surface area contributed by atoms with Crippen molar-refractivity contribution < 1.29 is 9.53 Å². The van der Waals surface area contributed by atoms with E-state index in [-0.39, 0.29) is 11.9 Å². The molecule has 18 heavy (non-hydrogen) atoms. The highest BCUT2D eigenvalue weighted by Crippen LogP contribution is 2.03. The Labute approximate surface area is 106 Å². The van der Waals surface area contributed by atoms with Crippen LogP contribution >= 0.6 is 0 Å². The fourth-order valence-electron chi connectivity index (χ4n) is 1.76. The van der Waals surface area contributed by atoms with Gasteiger partial charge in [-0.1, -0.05) is 0 Å². The molecule has 0 aliphatic carbocycles. The predicted molar refractivity (Wildman–Crippen MR) is 66.1 cm³/mol. The molecule has 1 fully saturated rings. The average molecular weight is 245 g/mol. The summed E-state index contributed by atoms with van der Waals surface area (Å²) in [4.78, 5) is 11.8. The van der Waals surface area contributed by atoms with Crippen molar-refractivity contribution in [2.45, 2.75) is 6.04 Å². The Kier molecular flexibility index (Phi) is 4.29. The number of carbonyl (C=O) groups excluding carboxylic acids is 1. The van der Waals surface area contributed by atoms with Crippen LogP contribution in [-0.4, -0.2) is 38.3 Å². The van der Waals surface area contributed by atoms with Gasteiger partial charge in [0.05, 0.1) is 24.8 Å². The third kappa shape index (κ3) is 3.29. The smallest absolute Gasteiger partial charge is 0.251 e. The molecule has 1 unspecified atom stereocenters. The first-order chi connectivity index (χ1) is 8.79. The molecule has 1 atom stereocenters. The number of rotatable bonds is 3. The molecule has 0 radical (unpaired) electrons. The molecule has 94 valence electrons. The van der Waals surface area contributed by atoms with Crippen LogP contribution in [0.2, 0.25) is 0 Å². The quantitative estimate of drug-likeness (QED) is 0.802. The first-order valence-electron chi connectivity index (χ1n) is 5.89. The maximum atomic E-state index is 11.8. The molecule has 1 saturated heterocycles. The molecule has 1 aromatic carbocycles. The number of nitriles is 1. The van der Waals surface area contributed by atoms with Gasteiger partial charge in [-0.05, 0) is 24.3 Å². The van der Waals surface area contributed by atoms with Crippen LogP contribution in [-0.2, 0) is 4.74 Å². The van der Waals surface area contributed by atoms with Gasteiger partial charge in [0.2, 0.25) is 0 Å². The lowest BCUT2D eigenvalue weighted by Crippen LogP contribution is -2.48. The molecule has 0 spiro atoms. The Bertz CT molecular complexity index is 444. The van der Waals surface area contributed by atoms with Gasteiger partial charge < -0.3 is 15.4 Å². The zero-order valence-corrected chi connectivity index (χ0v) is 9.98. The van der Waals surface area contributed by atoms with Crippen LogP contribution in [0, 0.1) is 11.3 Å². The number of amides is 1. The molecule has 1 aliphatic heterocycles. The number of hydrogen-bond donors (Lipinski definition) is 2. The Morgan fingerprint density at radius 2 is 2.28 bits per heavy atom. The van der Waals surface area contributed by atoms with Gasteiger partial charge in [-0.2, -0.15) is 5.26 Å². The topological polar surface area (TPSA) is 74.2 Å². The van der Waals surface area contributed by atoms with Crippen molar-refractivity contribution >= 4 is 5.91 Å². The lowest BCUT2D eigenvalue weighted by molar-refractivity contribution is 0.0734. The Hall–Kier alpha value is -1.90. The minimum absolute atomic E-state index is 0.133.